The molecule has 0 aromatic rings. The van der Waals surface area contributed by atoms with Gasteiger partial charge in [-0.05, 0) is 12.8 Å². The minimum Gasteiger partial charge on any atom is -0.370 e. The van der Waals surface area contributed by atoms with Gasteiger partial charge in [0.1, 0.15) is 5.84 Å². The molecule has 8 heteroatoms. The maximum atomic E-state index is 11.5. The fourth-order valence-electron chi connectivity index (χ4n) is 1.79. The monoisotopic (exact) mass is 298 g/mol. The van der Waals surface area contributed by atoms with Crippen molar-refractivity contribution < 1.29 is 9.59 Å². The number of hydrogen-bond acceptors (Lipinski definition) is 5. The highest BCUT2D eigenvalue weighted by Crippen LogP contribution is 2.10. The summed E-state index contributed by atoms with van der Waals surface area (Å²) in [5, 5.41) is 7.61. The third kappa shape index (κ3) is 8.01. The van der Waals surface area contributed by atoms with Crippen LogP contribution >= 0.6 is 0 Å². The van der Waals surface area contributed by atoms with Crippen LogP contribution < -0.4 is 11.1 Å². The molecule has 0 fully saturated rings. The number of rotatable bonds is 10. The Morgan fingerprint density at radius 2 is 2.05 bits per heavy atom. The molecule has 0 aliphatic carbocycles. The van der Waals surface area contributed by atoms with Crippen LogP contribution in [-0.4, -0.2) is 42.8 Å². The number of nitrogens with zero attached hydrogens (tertiary/aromatic N) is 3. The second-order valence-corrected chi connectivity index (χ2v) is 4.78. The number of aliphatic imine (C=N–C) groups is 1. The van der Waals surface area contributed by atoms with Crippen LogP contribution in [0.4, 0.5) is 0 Å². The average molecular weight is 298 g/mol. The maximum absolute atomic E-state index is 11.5. The number of carbonyl (C=O) groups is 2. The fourth-order valence-corrected chi connectivity index (χ4v) is 1.79. The van der Waals surface area contributed by atoms with E-state index in [1.165, 1.54) is 5.01 Å². The van der Waals surface area contributed by atoms with Gasteiger partial charge in [0.15, 0.2) is 0 Å². The zero-order chi connectivity index (χ0) is 16.3. The van der Waals surface area contributed by atoms with Crippen LogP contribution in [0.15, 0.2) is 10.2 Å². The van der Waals surface area contributed by atoms with Crippen molar-refractivity contribution in [3.8, 4) is 0 Å². The Morgan fingerprint density at radius 1 is 1.38 bits per heavy atom. The van der Waals surface area contributed by atoms with E-state index in [4.69, 9.17) is 11.3 Å². The van der Waals surface area contributed by atoms with E-state index in [-0.39, 0.29) is 24.8 Å². The van der Waals surface area contributed by atoms with E-state index in [0.717, 1.165) is 12.3 Å². The van der Waals surface area contributed by atoms with Crippen molar-refractivity contribution in [3.63, 3.8) is 0 Å². The fraction of sp³-hybridized carbons (Fsp3) is 0.769. The molecule has 0 heterocycles. The molecule has 8 nitrogen and oxygen atoms in total. The van der Waals surface area contributed by atoms with Gasteiger partial charge in [0.05, 0.1) is 0 Å². The van der Waals surface area contributed by atoms with Gasteiger partial charge in [0.25, 0.3) is 0 Å². The van der Waals surface area contributed by atoms with E-state index in [1.807, 2.05) is 13.8 Å². The van der Waals surface area contributed by atoms with Crippen LogP contribution in [0.25, 0.3) is 0 Å². The molecule has 0 saturated carbocycles. The van der Waals surface area contributed by atoms with Gasteiger partial charge in [-0.2, -0.15) is 5.53 Å². The van der Waals surface area contributed by atoms with E-state index in [2.05, 4.69) is 15.5 Å². The third-order valence-electron chi connectivity index (χ3n) is 3.13. The Morgan fingerprint density at radius 3 is 2.52 bits per heavy atom. The highest BCUT2D eigenvalue weighted by atomic mass is 16.2. The highest BCUT2D eigenvalue weighted by Gasteiger charge is 2.16. The normalized spacial score (nSPS) is 12.6. The number of carbonyl (C=O) groups excluding carboxylic acids is 2. The average Bonchev–Trinajstić information content (AvgIpc) is 2.45. The van der Waals surface area contributed by atoms with Crippen molar-refractivity contribution in [3.05, 3.63) is 0 Å². The van der Waals surface area contributed by atoms with Crippen molar-refractivity contribution in [2.45, 2.75) is 39.5 Å². The van der Waals surface area contributed by atoms with Gasteiger partial charge < -0.3 is 11.1 Å². The van der Waals surface area contributed by atoms with Gasteiger partial charge in [-0.15, -0.1) is 0 Å². The summed E-state index contributed by atoms with van der Waals surface area (Å²) in [6.07, 6.45) is 1.91. The minimum atomic E-state index is -0.438. The van der Waals surface area contributed by atoms with Gasteiger partial charge in [-0.3, -0.25) is 14.6 Å². The van der Waals surface area contributed by atoms with E-state index in [9.17, 15) is 9.59 Å². The number of nitrogens with one attached hydrogen (secondary N) is 2. The van der Waals surface area contributed by atoms with Crippen LogP contribution in [-0.2, 0) is 9.59 Å². The Hall–Kier alpha value is -1.99. The van der Waals surface area contributed by atoms with Gasteiger partial charge in [0.2, 0.25) is 11.8 Å². The molecule has 0 radical (unpaired) electrons. The van der Waals surface area contributed by atoms with Crippen molar-refractivity contribution in [2.75, 3.05) is 20.1 Å². The molecule has 0 aromatic carbocycles. The summed E-state index contributed by atoms with van der Waals surface area (Å²) in [7, 11) is 1.68. The summed E-state index contributed by atoms with van der Waals surface area (Å²) in [5.41, 5.74) is 12.2. The van der Waals surface area contributed by atoms with Gasteiger partial charge in [0, 0.05) is 38.9 Å². The van der Waals surface area contributed by atoms with E-state index >= 15 is 0 Å². The lowest BCUT2D eigenvalue weighted by molar-refractivity contribution is -0.121. The summed E-state index contributed by atoms with van der Waals surface area (Å²) >= 11 is 0. The molecule has 0 bridgehead atoms. The van der Waals surface area contributed by atoms with Crippen LogP contribution in [0.1, 0.15) is 39.5 Å². The van der Waals surface area contributed by atoms with E-state index < -0.39 is 5.91 Å². The predicted octanol–water partition coefficient (Wildman–Crippen LogP) is 1.08. The lowest BCUT2D eigenvalue weighted by Gasteiger charge is -2.22. The van der Waals surface area contributed by atoms with E-state index in [1.54, 1.807) is 7.05 Å². The maximum Gasteiger partial charge on any atom is 0.220 e. The first kappa shape index (κ1) is 19.0. The first-order chi connectivity index (χ1) is 9.96. The molecule has 4 N–H and O–H groups in total. The topological polar surface area (TPSA) is 124 Å². The molecule has 0 aliphatic rings. The van der Waals surface area contributed by atoms with Gasteiger partial charge >= 0.3 is 0 Å². The van der Waals surface area contributed by atoms with Gasteiger partial charge in [-0.25, -0.2) is 5.01 Å². The standard InChI is InChI=1S/C13H26N6O2/c1-4-10(2)13(16-3)19(18-15)9-5-6-12(21)17-8-7-11(14)20/h10,15H,4-9H2,1-3H3,(H2,14,20)(H,17,21)/t10-/m1/s1. The molecule has 0 aromatic heterocycles. The Kier molecular flexibility index (Phi) is 9.74. The van der Waals surface area contributed by atoms with Gasteiger partial charge in [-0.1, -0.05) is 19.1 Å². The zero-order valence-electron chi connectivity index (χ0n) is 13.1. The second-order valence-electron chi connectivity index (χ2n) is 4.78. The number of amides is 2. The zero-order valence-corrected chi connectivity index (χ0v) is 13.1. The molecule has 2 amide bonds. The molecular formula is C13H26N6O2. The van der Waals surface area contributed by atoms with Crippen molar-refractivity contribution in [1.29, 1.82) is 5.53 Å². The summed E-state index contributed by atoms with van der Waals surface area (Å²) in [6.45, 7) is 4.79. The molecule has 0 rings (SSSR count). The first-order valence-electron chi connectivity index (χ1n) is 7.12. The van der Waals surface area contributed by atoms with Crippen LogP contribution in [0, 0.1) is 11.4 Å². The van der Waals surface area contributed by atoms with Crippen molar-refractivity contribution in [2.24, 2.45) is 21.9 Å². The van der Waals surface area contributed by atoms with Crippen LogP contribution in [0.5, 0.6) is 0 Å². The molecule has 120 valence electrons. The quantitative estimate of drug-likeness (QED) is 0.242. The Balaban J connectivity index is 4.14. The smallest absolute Gasteiger partial charge is 0.220 e. The molecule has 0 saturated heterocycles. The second kappa shape index (κ2) is 10.8. The Labute approximate surface area is 125 Å². The molecule has 0 aliphatic heterocycles. The summed E-state index contributed by atoms with van der Waals surface area (Å²) < 4.78 is 0. The van der Waals surface area contributed by atoms with Crippen LogP contribution in [0.3, 0.4) is 0 Å². The summed E-state index contributed by atoms with van der Waals surface area (Å²) in [4.78, 5) is 26.2. The highest BCUT2D eigenvalue weighted by molar-refractivity contribution is 5.84. The summed E-state index contributed by atoms with van der Waals surface area (Å²) in [5.74, 6) is 0.390. The largest absolute Gasteiger partial charge is 0.370 e. The Bertz CT molecular complexity index is 383. The lowest BCUT2D eigenvalue weighted by Crippen LogP contribution is -2.33. The molecule has 1 atom stereocenters. The van der Waals surface area contributed by atoms with Crippen molar-refractivity contribution >= 4 is 17.6 Å². The van der Waals surface area contributed by atoms with E-state index in [0.29, 0.717) is 19.4 Å². The lowest BCUT2D eigenvalue weighted by atomic mass is 10.1. The molecule has 0 unspecified atom stereocenters. The molecule has 21 heavy (non-hydrogen) atoms. The number of primary amides is 1. The third-order valence-corrected chi connectivity index (χ3v) is 3.13. The van der Waals surface area contributed by atoms with Crippen LogP contribution in [0.2, 0.25) is 0 Å². The van der Waals surface area contributed by atoms with Crippen molar-refractivity contribution in [1.82, 2.24) is 10.3 Å². The minimum absolute atomic E-state index is 0.139. The number of amidine groups is 1. The molecule has 0 spiro atoms. The molecular weight excluding hydrogens is 272 g/mol. The number of hydrogen-bond donors (Lipinski definition) is 3. The first-order valence-corrected chi connectivity index (χ1v) is 7.12. The SMILES string of the molecule is CC[C@@H](C)C(=NC)N(CCCC(=O)NCCC(N)=O)N=N. The number of nitrogens with two attached hydrogens (primary N) is 1. The predicted molar refractivity (Wildman–Crippen MR) is 80.7 cm³/mol. The summed E-state index contributed by atoms with van der Waals surface area (Å²) in [6, 6.07) is 0.